The Hall–Kier alpha value is -1.59. The zero-order chi connectivity index (χ0) is 12.5. The van der Waals surface area contributed by atoms with Gasteiger partial charge in [-0.25, -0.2) is 0 Å². The zero-order valence-electron chi connectivity index (χ0n) is 10.3. The molecule has 6 heteroatoms. The molecule has 1 heterocycles. The molecule has 90 valence electrons. The molecule has 0 bridgehead atoms. The van der Waals surface area contributed by atoms with Gasteiger partial charge in [0.1, 0.15) is 6.20 Å². The summed E-state index contributed by atoms with van der Waals surface area (Å²) in [6.07, 6.45) is 1.40. The molecule has 0 saturated heterocycles. The number of anilines is 1. The quantitative estimate of drug-likeness (QED) is 0.633. The lowest BCUT2D eigenvalue weighted by Gasteiger charge is -2.27. The molecule has 1 N–H and O–H groups in total. The highest BCUT2D eigenvalue weighted by atomic mass is 16.6. The van der Waals surface area contributed by atoms with Crippen LogP contribution in [0, 0.1) is 15.5 Å². The molecule has 6 nitrogen and oxygen atoms in total. The lowest BCUT2D eigenvalue weighted by atomic mass is 9.88. The highest BCUT2D eigenvalue weighted by Crippen LogP contribution is 2.27. The second kappa shape index (κ2) is 4.11. The third-order valence-corrected chi connectivity index (χ3v) is 2.66. The van der Waals surface area contributed by atoms with Crippen LogP contribution in [0.1, 0.15) is 27.7 Å². The highest BCUT2D eigenvalue weighted by Gasteiger charge is 2.25. The summed E-state index contributed by atoms with van der Waals surface area (Å²) in [7, 11) is 1.67. The summed E-state index contributed by atoms with van der Waals surface area (Å²) in [6.45, 7) is 8.19. The van der Waals surface area contributed by atoms with Crippen molar-refractivity contribution in [2.75, 3.05) is 5.32 Å². The maximum absolute atomic E-state index is 10.8. The number of hydrogen-bond donors (Lipinski definition) is 1. The predicted molar refractivity (Wildman–Crippen MR) is 62.4 cm³/mol. The molecule has 0 aliphatic rings. The van der Waals surface area contributed by atoms with Crippen LogP contribution in [0.3, 0.4) is 0 Å². The molecule has 0 spiro atoms. The van der Waals surface area contributed by atoms with Crippen LogP contribution in [0.15, 0.2) is 6.20 Å². The smallest absolute Gasteiger partial charge is 0.330 e. The van der Waals surface area contributed by atoms with Crippen LogP contribution < -0.4 is 5.32 Å². The van der Waals surface area contributed by atoms with Crippen molar-refractivity contribution in [3.8, 4) is 0 Å². The average molecular weight is 226 g/mol. The van der Waals surface area contributed by atoms with Crippen LogP contribution >= 0.6 is 0 Å². The van der Waals surface area contributed by atoms with E-state index >= 15 is 0 Å². The fraction of sp³-hybridized carbons (Fsp3) is 0.700. The molecule has 1 atom stereocenters. The third-order valence-electron chi connectivity index (χ3n) is 2.66. The minimum atomic E-state index is -0.426. The van der Waals surface area contributed by atoms with Gasteiger partial charge in [-0.05, 0) is 12.3 Å². The monoisotopic (exact) mass is 226 g/mol. The molecular formula is C10H18N4O2. The van der Waals surface area contributed by atoms with Crippen LogP contribution in [-0.4, -0.2) is 20.7 Å². The number of nitrogens with zero attached hydrogens (tertiary/aromatic N) is 3. The largest absolute Gasteiger partial charge is 0.360 e. The van der Waals surface area contributed by atoms with Gasteiger partial charge < -0.3 is 5.32 Å². The minimum absolute atomic E-state index is 0.0126. The number of aromatic nitrogens is 2. The third kappa shape index (κ3) is 2.71. The summed E-state index contributed by atoms with van der Waals surface area (Å²) in [5.41, 5.74) is 0.0318. The lowest BCUT2D eigenvalue weighted by Crippen LogP contribution is -2.31. The molecule has 16 heavy (non-hydrogen) atoms. The van der Waals surface area contributed by atoms with Gasteiger partial charge in [0.05, 0.1) is 4.92 Å². The Morgan fingerprint density at radius 3 is 2.56 bits per heavy atom. The molecule has 1 aromatic rings. The molecule has 0 aliphatic heterocycles. The van der Waals surface area contributed by atoms with Crippen molar-refractivity contribution in [2.45, 2.75) is 33.7 Å². The number of nitrogens with one attached hydrogen (secondary N) is 1. The summed E-state index contributed by atoms with van der Waals surface area (Å²) < 4.78 is 1.44. The molecule has 0 fully saturated rings. The van der Waals surface area contributed by atoms with E-state index in [1.165, 1.54) is 10.9 Å². The zero-order valence-corrected chi connectivity index (χ0v) is 10.3. The van der Waals surface area contributed by atoms with E-state index < -0.39 is 4.92 Å². The normalized spacial score (nSPS) is 13.6. The van der Waals surface area contributed by atoms with Gasteiger partial charge in [0.2, 0.25) is 5.82 Å². The molecule has 1 aromatic heterocycles. The molecule has 0 saturated carbocycles. The number of nitro groups is 1. The Bertz CT molecular complexity index is 392. The van der Waals surface area contributed by atoms with Crippen LogP contribution in [-0.2, 0) is 7.05 Å². The first-order valence-corrected chi connectivity index (χ1v) is 5.16. The fourth-order valence-electron chi connectivity index (χ4n) is 1.13. The van der Waals surface area contributed by atoms with Crippen LogP contribution in [0.25, 0.3) is 0 Å². The topological polar surface area (TPSA) is 73.0 Å². The highest BCUT2D eigenvalue weighted by molar-refractivity contribution is 5.55. The Morgan fingerprint density at radius 1 is 1.56 bits per heavy atom. The molecule has 0 radical (unpaired) electrons. The second-order valence-electron chi connectivity index (χ2n) is 5.03. The Morgan fingerprint density at radius 2 is 2.12 bits per heavy atom. The minimum Gasteiger partial charge on any atom is -0.360 e. The molecule has 0 aromatic carbocycles. The van der Waals surface area contributed by atoms with E-state index in [-0.39, 0.29) is 17.1 Å². The summed E-state index contributed by atoms with van der Waals surface area (Å²) in [5, 5.41) is 17.9. The standard InChI is InChI=1S/C10H18N4O2/c1-7(10(2,3)4)11-9-8(14(15)16)6-13(5)12-9/h6-7H,1-5H3,(H,11,12). The van der Waals surface area contributed by atoms with Gasteiger partial charge in [0.15, 0.2) is 0 Å². The predicted octanol–water partition coefficient (Wildman–Crippen LogP) is 2.17. The Kier molecular flexibility index (Phi) is 3.21. The van der Waals surface area contributed by atoms with E-state index in [0.717, 1.165) is 0 Å². The second-order valence-corrected chi connectivity index (χ2v) is 5.03. The van der Waals surface area contributed by atoms with Crippen molar-refractivity contribution >= 4 is 11.5 Å². The first-order chi connectivity index (χ1) is 7.21. The van der Waals surface area contributed by atoms with Crippen molar-refractivity contribution < 1.29 is 4.92 Å². The van der Waals surface area contributed by atoms with Crippen molar-refractivity contribution in [3.05, 3.63) is 16.3 Å². The first kappa shape index (κ1) is 12.5. The SMILES string of the molecule is CC(Nc1nn(C)cc1[N+](=O)[O-])C(C)(C)C. The van der Waals surface area contributed by atoms with E-state index in [4.69, 9.17) is 0 Å². The summed E-state index contributed by atoms with van der Waals surface area (Å²) in [5.74, 6) is 0.329. The maximum Gasteiger partial charge on any atom is 0.330 e. The number of rotatable bonds is 3. The van der Waals surface area contributed by atoms with E-state index in [2.05, 4.69) is 31.2 Å². The van der Waals surface area contributed by atoms with E-state index in [9.17, 15) is 10.1 Å². The van der Waals surface area contributed by atoms with E-state index in [1.54, 1.807) is 7.05 Å². The molecular weight excluding hydrogens is 208 g/mol. The summed E-state index contributed by atoms with van der Waals surface area (Å²) in [4.78, 5) is 10.4. The lowest BCUT2D eigenvalue weighted by molar-refractivity contribution is -0.384. The van der Waals surface area contributed by atoms with Crippen molar-refractivity contribution in [2.24, 2.45) is 12.5 Å². The van der Waals surface area contributed by atoms with Gasteiger partial charge >= 0.3 is 5.69 Å². The number of hydrogen-bond acceptors (Lipinski definition) is 4. The van der Waals surface area contributed by atoms with Crippen LogP contribution in [0.5, 0.6) is 0 Å². The van der Waals surface area contributed by atoms with Crippen molar-refractivity contribution in [1.82, 2.24) is 9.78 Å². The Labute approximate surface area is 94.8 Å². The number of aryl methyl sites for hydroxylation is 1. The maximum atomic E-state index is 10.8. The fourth-order valence-corrected chi connectivity index (χ4v) is 1.13. The summed E-state index contributed by atoms with van der Waals surface area (Å²) >= 11 is 0. The molecule has 1 rings (SSSR count). The van der Waals surface area contributed by atoms with Gasteiger partial charge in [0, 0.05) is 13.1 Å². The Balaban J connectivity index is 2.93. The van der Waals surface area contributed by atoms with Crippen LogP contribution in [0.2, 0.25) is 0 Å². The van der Waals surface area contributed by atoms with Crippen molar-refractivity contribution in [3.63, 3.8) is 0 Å². The average Bonchev–Trinajstić information content (AvgIpc) is 2.45. The van der Waals surface area contributed by atoms with Gasteiger partial charge in [-0.2, -0.15) is 0 Å². The molecule has 1 unspecified atom stereocenters. The molecule has 0 aliphatic carbocycles. The molecule has 0 amide bonds. The summed E-state index contributed by atoms with van der Waals surface area (Å²) in [6, 6.07) is 0.0982. The van der Waals surface area contributed by atoms with Crippen molar-refractivity contribution in [1.29, 1.82) is 0 Å². The van der Waals surface area contributed by atoms with E-state index in [1.807, 2.05) is 6.92 Å². The van der Waals surface area contributed by atoms with Gasteiger partial charge in [-0.15, -0.1) is 5.10 Å². The van der Waals surface area contributed by atoms with Crippen LogP contribution in [0.4, 0.5) is 11.5 Å². The van der Waals surface area contributed by atoms with Gasteiger partial charge in [-0.3, -0.25) is 14.8 Å². The first-order valence-electron chi connectivity index (χ1n) is 5.16. The van der Waals surface area contributed by atoms with Gasteiger partial charge in [0.25, 0.3) is 0 Å². The van der Waals surface area contributed by atoms with E-state index in [0.29, 0.717) is 5.82 Å². The van der Waals surface area contributed by atoms with Gasteiger partial charge in [-0.1, -0.05) is 20.8 Å².